The van der Waals surface area contributed by atoms with E-state index in [4.69, 9.17) is 0 Å². The van der Waals surface area contributed by atoms with Crippen LogP contribution in [0.1, 0.15) is 44.3 Å². The molecule has 11 heteroatoms. The molecular weight excluding hydrogens is 466 g/mol. The van der Waals surface area contributed by atoms with Crippen LogP contribution in [0.2, 0.25) is 0 Å². The molecule has 0 unspecified atom stereocenters. The Morgan fingerprint density at radius 1 is 1.03 bits per heavy atom. The van der Waals surface area contributed by atoms with Gasteiger partial charge in [0.05, 0.1) is 23.6 Å². The molecule has 0 radical (unpaired) electrons. The summed E-state index contributed by atoms with van der Waals surface area (Å²) in [6.07, 6.45) is 4.15. The van der Waals surface area contributed by atoms with Crippen molar-refractivity contribution in [3.8, 4) is 11.3 Å². The number of fused-ring (bicyclic) bond motifs is 1. The van der Waals surface area contributed by atoms with Crippen molar-refractivity contribution in [2.45, 2.75) is 38.6 Å². The van der Waals surface area contributed by atoms with E-state index in [0.29, 0.717) is 11.7 Å². The largest absolute Gasteiger partial charge is 0.307 e. The average molecular weight is 493 g/mol. The van der Waals surface area contributed by atoms with Crippen LogP contribution in [-0.2, 0) is 0 Å². The third-order valence-corrected chi connectivity index (χ3v) is 6.44. The monoisotopic (exact) mass is 492 g/mol. The van der Waals surface area contributed by atoms with Crippen molar-refractivity contribution in [3.63, 3.8) is 0 Å². The summed E-state index contributed by atoms with van der Waals surface area (Å²) in [5.74, 6) is -0.547. The Labute approximate surface area is 206 Å². The van der Waals surface area contributed by atoms with Crippen molar-refractivity contribution in [1.29, 1.82) is 0 Å². The summed E-state index contributed by atoms with van der Waals surface area (Å²) in [7, 11) is 2.11. The first kappa shape index (κ1) is 23.9. The number of likely N-dealkylation sites (tertiary alicyclic amines) is 1. The highest BCUT2D eigenvalue weighted by Gasteiger charge is 2.20. The third-order valence-electron chi connectivity index (χ3n) is 6.44. The molecule has 0 atom stereocenters. The molecule has 1 aliphatic rings. The van der Waals surface area contributed by atoms with E-state index in [9.17, 15) is 13.6 Å². The van der Waals surface area contributed by atoms with E-state index < -0.39 is 11.6 Å². The Kier molecular flexibility index (Phi) is 6.40. The van der Waals surface area contributed by atoms with Gasteiger partial charge in [-0.25, -0.2) is 23.7 Å². The maximum absolute atomic E-state index is 14.9. The molecule has 4 aromatic rings. The molecule has 0 aliphatic carbocycles. The second kappa shape index (κ2) is 9.65. The Balaban J connectivity index is 1.45. The second-order valence-corrected chi connectivity index (χ2v) is 9.32. The van der Waals surface area contributed by atoms with Crippen LogP contribution in [0.25, 0.3) is 22.3 Å². The fourth-order valence-electron chi connectivity index (χ4n) is 4.54. The molecule has 0 amide bonds. The van der Waals surface area contributed by atoms with Crippen molar-refractivity contribution >= 4 is 22.8 Å². The highest BCUT2D eigenvalue weighted by Crippen LogP contribution is 2.29. The quantitative estimate of drug-likeness (QED) is 0.445. The lowest BCUT2D eigenvalue weighted by atomic mass is 9.94. The number of hydrogen-bond acceptors (Lipinski definition) is 8. The molecule has 1 N–H and O–H groups in total. The van der Waals surface area contributed by atoms with Crippen LogP contribution in [0.5, 0.6) is 0 Å². The van der Waals surface area contributed by atoms with E-state index >= 15 is 0 Å². The molecule has 3 aromatic heterocycles. The van der Waals surface area contributed by atoms with Gasteiger partial charge in [-0.1, -0.05) is 0 Å². The van der Waals surface area contributed by atoms with Crippen LogP contribution in [0.15, 0.2) is 41.5 Å². The number of aromatic nitrogens is 6. The summed E-state index contributed by atoms with van der Waals surface area (Å²) < 4.78 is 31.1. The fraction of sp³-hybridized carbons (Fsp3) is 0.360. The molecule has 0 spiro atoms. The van der Waals surface area contributed by atoms with Crippen LogP contribution < -0.4 is 10.9 Å². The first-order valence-electron chi connectivity index (χ1n) is 11.8. The molecule has 1 aromatic carbocycles. The first-order chi connectivity index (χ1) is 17.3. The molecule has 0 bridgehead atoms. The van der Waals surface area contributed by atoms with Crippen LogP contribution in [0, 0.1) is 11.6 Å². The maximum Gasteiger partial charge on any atom is 0.269 e. The number of anilines is 2. The van der Waals surface area contributed by atoms with Gasteiger partial charge in [0.25, 0.3) is 5.56 Å². The van der Waals surface area contributed by atoms with Crippen molar-refractivity contribution in [2.24, 2.45) is 0 Å². The zero-order valence-corrected chi connectivity index (χ0v) is 20.2. The molecule has 5 rings (SSSR count). The zero-order valence-electron chi connectivity index (χ0n) is 20.2. The number of halogens is 2. The summed E-state index contributed by atoms with van der Waals surface area (Å²) in [6, 6.07) is 6.12. The molecule has 0 saturated carbocycles. The number of hydrogen-bond donors (Lipinski definition) is 1. The maximum atomic E-state index is 14.9. The highest BCUT2D eigenvalue weighted by molar-refractivity contribution is 5.82. The number of nitrogens with zero attached hydrogens (tertiary/aromatic N) is 7. The Morgan fingerprint density at radius 2 is 1.81 bits per heavy atom. The molecule has 9 nitrogen and oxygen atoms in total. The SMILES string of the molecule is CC(C)n1c(=O)cnc2c(F)cc(-c3nc(Nc4ccc(C5CCN(C)CC5)nn4)ncc3F)cc21. The number of nitrogens with one attached hydrogen (secondary N) is 1. The van der Waals surface area contributed by atoms with Gasteiger partial charge in [0.2, 0.25) is 5.95 Å². The van der Waals surface area contributed by atoms with Crippen molar-refractivity contribution in [1.82, 2.24) is 34.6 Å². The molecule has 1 saturated heterocycles. The standard InChI is InChI=1S/C25H26F2N8O/c1-14(2)35-20-11-16(10-17(26)24(20)28-13-22(35)36)23-18(27)12-29-25(31-23)30-21-5-4-19(32-33-21)15-6-8-34(3)9-7-15/h4-5,10-15H,6-9H2,1-3H3,(H,29,30,31,33). The third kappa shape index (κ3) is 4.66. The fourth-order valence-corrected chi connectivity index (χ4v) is 4.54. The lowest BCUT2D eigenvalue weighted by Gasteiger charge is -2.28. The van der Waals surface area contributed by atoms with Gasteiger partial charge < -0.3 is 14.8 Å². The van der Waals surface area contributed by atoms with Gasteiger partial charge in [-0.2, -0.15) is 5.10 Å². The molecule has 1 fully saturated rings. The summed E-state index contributed by atoms with van der Waals surface area (Å²) in [5.41, 5.74) is 0.895. The summed E-state index contributed by atoms with van der Waals surface area (Å²) in [5, 5.41) is 11.5. The molecule has 36 heavy (non-hydrogen) atoms. The van der Waals surface area contributed by atoms with E-state index in [1.54, 1.807) is 19.9 Å². The molecule has 4 heterocycles. The zero-order chi connectivity index (χ0) is 25.4. The minimum absolute atomic E-state index is 0.0276. The molecule has 186 valence electrons. The Hall–Kier alpha value is -3.86. The lowest BCUT2D eigenvalue weighted by molar-refractivity contribution is 0.253. The van der Waals surface area contributed by atoms with Gasteiger partial charge in [0.15, 0.2) is 17.5 Å². The van der Waals surface area contributed by atoms with E-state index in [1.807, 2.05) is 6.07 Å². The normalized spacial score (nSPS) is 15.1. The summed E-state index contributed by atoms with van der Waals surface area (Å²) in [6.45, 7) is 5.66. The van der Waals surface area contributed by atoms with Gasteiger partial charge in [0, 0.05) is 17.5 Å². The van der Waals surface area contributed by atoms with E-state index in [2.05, 4.69) is 42.4 Å². The van der Waals surface area contributed by atoms with Crippen LogP contribution in [-0.4, -0.2) is 54.8 Å². The average Bonchev–Trinajstić information content (AvgIpc) is 2.85. The van der Waals surface area contributed by atoms with Crippen LogP contribution in [0.4, 0.5) is 20.5 Å². The minimum atomic E-state index is -0.731. The van der Waals surface area contributed by atoms with E-state index in [0.717, 1.165) is 50.1 Å². The molecular formula is C25H26F2N8O. The predicted octanol–water partition coefficient (Wildman–Crippen LogP) is 4.06. The number of rotatable bonds is 5. The van der Waals surface area contributed by atoms with Crippen LogP contribution in [0.3, 0.4) is 0 Å². The van der Waals surface area contributed by atoms with Gasteiger partial charge in [-0.3, -0.25) is 4.79 Å². The van der Waals surface area contributed by atoms with E-state index in [1.165, 1.54) is 10.6 Å². The Morgan fingerprint density at radius 3 is 2.50 bits per heavy atom. The van der Waals surface area contributed by atoms with Crippen molar-refractivity contribution < 1.29 is 8.78 Å². The highest BCUT2D eigenvalue weighted by atomic mass is 19.1. The van der Waals surface area contributed by atoms with Crippen LogP contribution >= 0.6 is 0 Å². The van der Waals surface area contributed by atoms with Gasteiger partial charge in [0.1, 0.15) is 11.2 Å². The van der Waals surface area contributed by atoms with Gasteiger partial charge in [-0.15, -0.1) is 5.10 Å². The number of piperidine rings is 1. The van der Waals surface area contributed by atoms with Crippen molar-refractivity contribution in [2.75, 3.05) is 25.5 Å². The predicted molar refractivity (Wildman–Crippen MR) is 132 cm³/mol. The summed E-state index contributed by atoms with van der Waals surface area (Å²) >= 11 is 0. The lowest BCUT2D eigenvalue weighted by Crippen LogP contribution is -2.29. The molecule has 1 aliphatic heterocycles. The summed E-state index contributed by atoms with van der Waals surface area (Å²) in [4.78, 5) is 26.8. The number of benzene rings is 1. The Bertz CT molecular complexity index is 1460. The first-order valence-corrected chi connectivity index (χ1v) is 11.8. The second-order valence-electron chi connectivity index (χ2n) is 9.32. The van der Waals surface area contributed by atoms with Gasteiger partial charge in [-0.05, 0) is 71.1 Å². The topological polar surface area (TPSA) is 102 Å². The minimum Gasteiger partial charge on any atom is -0.307 e. The van der Waals surface area contributed by atoms with Gasteiger partial charge >= 0.3 is 0 Å². The van der Waals surface area contributed by atoms with Crippen molar-refractivity contribution in [3.05, 3.63) is 64.3 Å². The smallest absolute Gasteiger partial charge is 0.269 e. The van der Waals surface area contributed by atoms with E-state index in [-0.39, 0.29) is 39.8 Å².